The van der Waals surface area contributed by atoms with Gasteiger partial charge in [-0.2, -0.15) is 12.6 Å². The number of nitrogens with zero attached hydrogens (tertiary/aromatic N) is 1. The molecule has 0 amide bonds. The summed E-state index contributed by atoms with van der Waals surface area (Å²) in [4.78, 5) is 15.2. The molecule has 0 aliphatic heterocycles. The fourth-order valence-corrected chi connectivity index (χ4v) is 5.20. The van der Waals surface area contributed by atoms with E-state index in [4.69, 9.17) is 12.6 Å². The summed E-state index contributed by atoms with van der Waals surface area (Å²) in [5.41, 5.74) is 5.66. The summed E-state index contributed by atoms with van der Waals surface area (Å²) in [7, 11) is 0. The molecule has 0 radical (unpaired) electrons. The SMILES string of the molecule is C=C(CCCCC(=C)C(=C)C)CCN(CCC(=O)CCCCC(=C)C(=C)C)C(CS)CC(C)(C)NC(C)C. The van der Waals surface area contributed by atoms with Crippen molar-refractivity contribution in [2.24, 2.45) is 0 Å². The van der Waals surface area contributed by atoms with Gasteiger partial charge < -0.3 is 5.32 Å². The van der Waals surface area contributed by atoms with Crippen molar-refractivity contribution in [3.63, 3.8) is 0 Å². The fraction of sp³-hybridized carbons (Fsp3) is 0.676. The monoisotopic (exact) mass is 544 g/mol. The van der Waals surface area contributed by atoms with Crippen molar-refractivity contribution in [3.05, 3.63) is 60.8 Å². The van der Waals surface area contributed by atoms with Crippen molar-refractivity contribution in [1.82, 2.24) is 10.2 Å². The Morgan fingerprint density at radius 1 is 0.789 bits per heavy atom. The lowest BCUT2D eigenvalue weighted by molar-refractivity contribution is -0.119. The fourth-order valence-electron chi connectivity index (χ4n) is 4.84. The Kier molecular flexibility index (Phi) is 19.0. The van der Waals surface area contributed by atoms with Crippen LogP contribution in [0.1, 0.15) is 112 Å². The summed E-state index contributed by atoms with van der Waals surface area (Å²) in [5, 5.41) is 3.70. The highest BCUT2D eigenvalue weighted by Gasteiger charge is 2.27. The summed E-state index contributed by atoms with van der Waals surface area (Å²) in [6.45, 7) is 35.1. The van der Waals surface area contributed by atoms with Crippen LogP contribution in [-0.2, 0) is 4.79 Å². The minimum Gasteiger partial charge on any atom is -0.310 e. The topological polar surface area (TPSA) is 32.3 Å². The second kappa shape index (κ2) is 19.7. The first kappa shape index (κ1) is 36.6. The zero-order valence-corrected chi connectivity index (χ0v) is 26.8. The van der Waals surface area contributed by atoms with E-state index in [1.165, 1.54) is 5.57 Å². The number of hydrogen-bond donors (Lipinski definition) is 2. The average Bonchev–Trinajstić information content (AvgIpc) is 2.81. The number of carbonyl (C=O) groups excluding carboxylic acids is 1. The molecule has 0 aromatic rings. The third-order valence-electron chi connectivity index (χ3n) is 7.23. The lowest BCUT2D eigenvalue weighted by Crippen LogP contribution is -2.50. The van der Waals surface area contributed by atoms with Gasteiger partial charge in [0.2, 0.25) is 0 Å². The van der Waals surface area contributed by atoms with Crippen LogP contribution in [0.25, 0.3) is 0 Å². The quantitative estimate of drug-likeness (QED) is 0.0550. The highest BCUT2D eigenvalue weighted by Crippen LogP contribution is 2.22. The molecule has 0 saturated heterocycles. The maximum atomic E-state index is 12.8. The first-order valence-electron chi connectivity index (χ1n) is 14.7. The number of carbonyl (C=O) groups is 1. The van der Waals surface area contributed by atoms with Crippen LogP contribution in [-0.4, -0.2) is 47.1 Å². The van der Waals surface area contributed by atoms with Crippen LogP contribution in [0, 0.1) is 0 Å². The second-order valence-corrected chi connectivity index (χ2v) is 12.6. The van der Waals surface area contributed by atoms with Crippen LogP contribution < -0.4 is 5.32 Å². The molecule has 0 spiro atoms. The Morgan fingerprint density at radius 2 is 1.26 bits per heavy atom. The molecule has 0 aliphatic rings. The number of unbranched alkanes of at least 4 members (excludes halogenated alkanes) is 2. The predicted octanol–water partition coefficient (Wildman–Crippen LogP) is 9.04. The molecular formula is C34H60N2OS. The predicted molar refractivity (Wildman–Crippen MR) is 174 cm³/mol. The highest BCUT2D eigenvalue weighted by molar-refractivity contribution is 7.80. The maximum absolute atomic E-state index is 12.8. The molecule has 0 aromatic carbocycles. The first-order valence-corrected chi connectivity index (χ1v) is 15.3. The highest BCUT2D eigenvalue weighted by atomic mass is 32.1. The third kappa shape index (κ3) is 18.0. The lowest BCUT2D eigenvalue weighted by atomic mass is 9.93. The van der Waals surface area contributed by atoms with E-state index in [1.54, 1.807) is 0 Å². The van der Waals surface area contributed by atoms with Gasteiger partial charge in [0, 0.05) is 49.3 Å². The van der Waals surface area contributed by atoms with Crippen LogP contribution in [0.3, 0.4) is 0 Å². The Hall–Kier alpha value is -1.36. The summed E-state index contributed by atoms with van der Waals surface area (Å²) < 4.78 is 0. The van der Waals surface area contributed by atoms with Crippen molar-refractivity contribution < 1.29 is 4.79 Å². The molecule has 1 unspecified atom stereocenters. The molecule has 0 heterocycles. The van der Waals surface area contributed by atoms with Crippen LogP contribution in [0.4, 0.5) is 0 Å². The van der Waals surface area contributed by atoms with E-state index in [0.717, 1.165) is 98.9 Å². The average molecular weight is 545 g/mol. The van der Waals surface area contributed by atoms with E-state index >= 15 is 0 Å². The molecular weight excluding hydrogens is 484 g/mol. The van der Waals surface area contributed by atoms with Gasteiger partial charge in [-0.1, -0.05) is 74.6 Å². The normalized spacial score (nSPS) is 12.6. The molecule has 0 rings (SSSR count). The van der Waals surface area contributed by atoms with E-state index in [2.05, 4.69) is 70.8 Å². The van der Waals surface area contributed by atoms with E-state index in [-0.39, 0.29) is 5.54 Å². The van der Waals surface area contributed by atoms with E-state index in [1.807, 2.05) is 13.8 Å². The molecule has 0 bridgehead atoms. The molecule has 0 aromatic heterocycles. The summed E-state index contributed by atoms with van der Waals surface area (Å²) in [6, 6.07) is 0.722. The number of thiol groups is 1. The lowest BCUT2D eigenvalue weighted by Gasteiger charge is -2.38. The van der Waals surface area contributed by atoms with E-state index in [9.17, 15) is 4.79 Å². The van der Waals surface area contributed by atoms with Crippen LogP contribution in [0.5, 0.6) is 0 Å². The number of hydrogen-bond acceptors (Lipinski definition) is 4. The molecule has 3 nitrogen and oxygen atoms in total. The minimum absolute atomic E-state index is 0.00180. The van der Waals surface area contributed by atoms with E-state index < -0.39 is 0 Å². The van der Waals surface area contributed by atoms with Crippen molar-refractivity contribution in [3.8, 4) is 0 Å². The number of rotatable bonds is 24. The Morgan fingerprint density at radius 3 is 1.74 bits per heavy atom. The molecule has 0 fully saturated rings. The molecule has 38 heavy (non-hydrogen) atoms. The van der Waals surface area contributed by atoms with Gasteiger partial charge in [-0.3, -0.25) is 9.69 Å². The number of allylic oxidation sites excluding steroid dienone is 4. The summed E-state index contributed by atoms with van der Waals surface area (Å²) in [5.74, 6) is 1.13. The first-order chi connectivity index (χ1) is 17.7. The molecule has 1 atom stereocenters. The Labute approximate surface area is 242 Å². The van der Waals surface area contributed by atoms with Gasteiger partial charge in [-0.05, 0) is 85.5 Å². The van der Waals surface area contributed by atoms with Crippen molar-refractivity contribution >= 4 is 18.4 Å². The van der Waals surface area contributed by atoms with Gasteiger partial charge in [0.25, 0.3) is 0 Å². The van der Waals surface area contributed by atoms with E-state index in [0.29, 0.717) is 30.7 Å². The van der Waals surface area contributed by atoms with Crippen molar-refractivity contribution in [2.75, 3.05) is 18.8 Å². The standard InChI is InChI=1S/C34H60N2OS/c1-26(2)30(8)17-13-12-16-29(7)20-22-36(32(25-38)24-34(10,11)35-28(5)6)23-21-33(37)19-15-14-18-31(9)27(3)4/h28,32,35,38H,1,3,7-9,12-25H2,2,4-6,10-11H3. The van der Waals surface area contributed by atoms with Gasteiger partial charge >= 0.3 is 0 Å². The number of Topliss-reactive ketones (excluding diaryl/α,β-unsaturated/α-hetero) is 1. The molecule has 1 N–H and O–H groups in total. The molecule has 218 valence electrons. The van der Waals surface area contributed by atoms with Crippen LogP contribution in [0.15, 0.2) is 60.8 Å². The van der Waals surface area contributed by atoms with Gasteiger partial charge in [0.1, 0.15) is 5.78 Å². The van der Waals surface area contributed by atoms with Gasteiger partial charge in [0.05, 0.1) is 0 Å². The zero-order chi connectivity index (χ0) is 29.3. The molecule has 0 aliphatic carbocycles. The summed E-state index contributed by atoms with van der Waals surface area (Å²) in [6.07, 6.45) is 10.3. The minimum atomic E-state index is -0.00180. The third-order valence-corrected chi connectivity index (χ3v) is 7.65. The van der Waals surface area contributed by atoms with Crippen molar-refractivity contribution in [1.29, 1.82) is 0 Å². The largest absolute Gasteiger partial charge is 0.310 e. The smallest absolute Gasteiger partial charge is 0.134 e. The second-order valence-electron chi connectivity index (χ2n) is 12.2. The summed E-state index contributed by atoms with van der Waals surface area (Å²) >= 11 is 4.75. The number of nitrogens with one attached hydrogen (secondary N) is 1. The number of ketones is 1. The van der Waals surface area contributed by atoms with Gasteiger partial charge in [-0.15, -0.1) is 0 Å². The molecule has 0 saturated carbocycles. The van der Waals surface area contributed by atoms with Crippen molar-refractivity contribution in [2.45, 2.75) is 130 Å². The molecule has 4 heteroatoms. The maximum Gasteiger partial charge on any atom is 0.134 e. The Balaban J connectivity index is 4.98. The van der Waals surface area contributed by atoms with Crippen LogP contribution >= 0.6 is 12.6 Å². The van der Waals surface area contributed by atoms with Gasteiger partial charge in [-0.25, -0.2) is 0 Å². The van der Waals surface area contributed by atoms with Gasteiger partial charge in [0.15, 0.2) is 0 Å². The zero-order valence-electron chi connectivity index (χ0n) is 25.9. The Bertz CT molecular complexity index is 742. The van der Waals surface area contributed by atoms with Crippen LogP contribution in [0.2, 0.25) is 0 Å².